The smallest absolute Gasteiger partial charge is 0.237 e. The third kappa shape index (κ3) is 5.27. The third-order valence-corrected chi connectivity index (χ3v) is 2.94. The minimum absolute atomic E-state index is 0.184. The first-order valence-corrected chi connectivity index (χ1v) is 6.73. The minimum Gasteiger partial charge on any atom is -0.380 e. The summed E-state index contributed by atoms with van der Waals surface area (Å²) in [5.74, 6) is -0.121. The molecular weight excluding hydrogens is 259 g/mol. The van der Waals surface area contributed by atoms with Crippen molar-refractivity contribution in [1.82, 2.24) is 5.32 Å². The number of rotatable bonds is 7. The average molecular weight is 282 g/mol. The molecule has 3 N–H and O–H groups in total. The van der Waals surface area contributed by atoms with Crippen molar-refractivity contribution in [3.8, 4) is 0 Å². The standard InChI is InChI=1S/C15H23FN2O2/c1-10(2)6-14(17)15(19)18-8-11-4-5-13(16)12(7-11)9-20-3/h4-5,7,10,14H,6,8-9,17H2,1-3H3,(H,18,19)/t14-/m0/s1. The summed E-state index contributed by atoms with van der Waals surface area (Å²) in [6, 6.07) is 4.20. The molecule has 0 radical (unpaired) electrons. The van der Waals surface area contributed by atoms with Crippen LogP contribution in [0.1, 0.15) is 31.4 Å². The lowest BCUT2D eigenvalue weighted by Gasteiger charge is -2.14. The number of halogens is 1. The molecule has 0 aliphatic rings. The van der Waals surface area contributed by atoms with Crippen molar-refractivity contribution in [3.05, 3.63) is 35.1 Å². The molecule has 0 unspecified atom stereocenters. The van der Waals surface area contributed by atoms with Gasteiger partial charge in [-0.15, -0.1) is 0 Å². The summed E-state index contributed by atoms with van der Waals surface area (Å²) in [4.78, 5) is 11.8. The number of benzene rings is 1. The molecule has 5 heteroatoms. The van der Waals surface area contributed by atoms with Gasteiger partial charge in [0.05, 0.1) is 12.6 Å². The highest BCUT2D eigenvalue weighted by atomic mass is 19.1. The van der Waals surface area contributed by atoms with E-state index in [1.165, 1.54) is 13.2 Å². The predicted molar refractivity (Wildman–Crippen MR) is 76.4 cm³/mol. The molecule has 1 amide bonds. The van der Waals surface area contributed by atoms with Crippen LogP contribution in [0.2, 0.25) is 0 Å². The fourth-order valence-electron chi connectivity index (χ4n) is 1.94. The number of ether oxygens (including phenoxy) is 1. The second-order valence-electron chi connectivity index (χ2n) is 5.31. The van der Waals surface area contributed by atoms with E-state index in [2.05, 4.69) is 5.32 Å². The number of nitrogens with two attached hydrogens (primary N) is 1. The summed E-state index contributed by atoms with van der Waals surface area (Å²) in [5, 5.41) is 2.77. The van der Waals surface area contributed by atoms with Gasteiger partial charge in [-0.25, -0.2) is 4.39 Å². The molecule has 0 spiro atoms. The van der Waals surface area contributed by atoms with Crippen molar-refractivity contribution >= 4 is 5.91 Å². The molecule has 0 saturated carbocycles. The normalized spacial score (nSPS) is 12.5. The maximum Gasteiger partial charge on any atom is 0.237 e. The lowest BCUT2D eigenvalue weighted by molar-refractivity contribution is -0.122. The van der Waals surface area contributed by atoms with E-state index < -0.39 is 6.04 Å². The molecule has 112 valence electrons. The lowest BCUT2D eigenvalue weighted by atomic mass is 10.0. The van der Waals surface area contributed by atoms with E-state index in [0.717, 1.165) is 5.56 Å². The van der Waals surface area contributed by atoms with E-state index in [1.807, 2.05) is 13.8 Å². The Morgan fingerprint density at radius 1 is 1.45 bits per heavy atom. The van der Waals surface area contributed by atoms with E-state index in [-0.39, 0.29) is 18.3 Å². The van der Waals surface area contributed by atoms with Gasteiger partial charge in [0, 0.05) is 19.2 Å². The van der Waals surface area contributed by atoms with Crippen LogP contribution in [0.3, 0.4) is 0 Å². The Bertz CT molecular complexity index is 449. The van der Waals surface area contributed by atoms with E-state index in [0.29, 0.717) is 24.4 Å². The van der Waals surface area contributed by atoms with Gasteiger partial charge in [-0.3, -0.25) is 4.79 Å². The van der Waals surface area contributed by atoms with E-state index in [1.54, 1.807) is 12.1 Å². The molecule has 0 heterocycles. The molecule has 4 nitrogen and oxygen atoms in total. The Hall–Kier alpha value is -1.46. The fraction of sp³-hybridized carbons (Fsp3) is 0.533. The van der Waals surface area contributed by atoms with Gasteiger partial charge in [0.15, 0.2) is 0 Å². The molecule has 0 aromatic heterocycles. The quantitative estimate of drug-likeness (QED) is 0.803. The van der Waals surface area contributed by atoms with E-state index in [4.69, 9.17) is 10.5 Å². The molecule has 0 saturated heterocycles. The van der Waals surface area contributed by atoms with Crippen LogP contribution in [0, 0.1) is 11.7 Å². The Morgan fingerprint density at radius 3 is 2.75 bits per heavy atom. The van der Waals surface area contributed by atoms with Crippen molar-refractivity contribution in [2.24, 2.45) is 11.7 Å². The second-order valence-corrected chi connectivity index (χ2v) is 5.31. The molecule has 1 aromatic rings. The van der Waals surface area contributed by atoms with Gasteiger partial charge in [-0.1, -0.05) is 19.9 Å². The summed E-state index contributed by atoms with van der Waals surface area (Å²) < 4.78 is 18.4. The van der Waals surface area contributed by atoms with Crippen LogP contribution >= 0.6 is 0 Å². The summed E-state index contributed by atoms with van der Waals surface area (Å²) in [6.45, 7) is 4.58. The molecule has 1 rings (SSSR count). The molecule has 1 atom stereocenters. The zero-order valence-corrected chi connectivity index (χ0v) is 12.3. The van der Waals surface area contributed by atoms with Crippen LogP contribution in [0.15, 0.2) is 18.2 Å². The molecular formula is C15H23FN2O2. The molecule has 1 aromatic carbocycles. The van der Waals surface area contributed by atoms with Crippen molar-refractivity contribution < 1.29 is 13.9 Å². The van der Waals surface area contributed by atoms with Gasteiger partial charge in [0.25, 0.3) is 0 Å². The zero-order valence-electron chi connectivity index (χ0n) is 12.3. The van der Waals surface area contributed by atoms with Gasteiger partial charge in [-0.05, 0) is 30.0 Å². The molecule has 0 bridgehead atoms. The molecule has 0 fully saturated rings. The number of hydrogen-bond acceptors (Lipinski definition) is 3. The third-order valence-electron chi connectivity index (χ3n) is 2.94. The van der Waals surface area contributed by atoms with Gasteiger partial charge < -0.3 is 15.8 Å². The van der Waals surface area contributed by atoms with Crippen LogP contribution in [-0.4, -0.2) is 19.1 Å². The Balaban J connectivity index is 2.57. The second kappa shape index (κ2) is 7.97. The van der Waals surface area contributed by atoms with Gasteiger partial charge >= 0.3 is 0 Å². The maximum atomic E-state index is 13.4. The first-order valence-electron chi connectivity index (χ1n) is 6.73. The summed E-state index contributed by atoms with van der Waals surface area (Å²) in [6.07, 6.45) is 0.643. The van der Waals surface area contributed by atoms with Gasteiger partial charge in [-0.2, -0.15) is 0 Å². The SMILES string of the molecule is COCc1cc(CNC(=O)[C@@H](N)CC(C)C)ccc1F. The molecule has 0 aliphatic heterocycles. The highest BCUT2D eigenvalue weighted by Crippen LogP contribution is 2.12. The molecule has 20 heavy (non-hydrogen) atoms. The van der Waals surface area contributed by atoms with Gasteiger partial charge in [0.2, 0.25) is 5.91 Å². The Kier molecular flexibility index (Phi) is 6.61. The van der Waals surface area contributed by atoms with Crippen molar-refractivity contribution in [2.45, 2.75) is 39.5 Å². The number of amides is 1. The first-order chi connectivity index (χ1) is 9.43. The van der Waals surface area contributed by atoms with Crippen molar-refractivity contribution in [3.63, 3.8) is 0 Å². The Morgan fingerprint density at radius 2 is 2.15 bits per heavy atom. The molecule has 0 aliphatic carbocycles. The van der Waals surface area contributed by atoms with Crippen LogP contribution in [0.25, 0.3) is 0 Å². The van der Waals surface area contributed by atoms with Crippen molar-refractivity contribution in [2.75, 3.05) is 7.11 Å². The van der Waals surface area contributed by atoms with Crippen LogP contribution in [0.5, 0.6) is 0 Å². The van der Waals surface area contributed by atoms with Crippen LogP contribution in [-0.2, 0) is 22.7 Å². The number of nitrogens with one attached hydrogen (secondary N) is 1. The highest BCUT2D eigenvalue weighted by Gasteiger charge is 2.14. The van der Waals surface area contributed by atoms with E-state index in [9.17, 15) is 9.18 Å². The highest BCUT2D eigenvalue weighted by molar-refractivity contribution is 5.81. The number of hydrogen-bond donors (Lipinski definition) is 2. The number of methoxy groups -OCH3 is 1. The fourth-order valence-corrected chi connectivity index (χ4v) is 1.94. The summed E-state index contributed by atoms with van der Waals surface area (Å²) in [5.41, 5.74) is 7.09. The van der Waals surface area contributed by atoms with Crippen molar-refractivity contribution in [1.29, 1.82) is 0 Å². The van der Waals surface area contributed by atoms with E-state index >= 15 is 0 Å². The predicted octanol–water partition coefficient (Wildman–Crippen LogP) is 1.96. The Labute approximate surface area is 119 Å². The number of carbonyl (C=O) groups is 1. The lowest BCUT2D eigenvalue weighted by Crippen LogP contribution is -2.41. The summed E-state index contributed by atoms with van der Waals surface area (Å²) >= 11 is 0. The van der Waals surface area contributed by atoms with Gasteiger partial charge in [0.1, 0.15) is 5.82 Å². The monoisotopic (exact) mass is 282 g/mol. The maximum absolute atomic E-state index is 13.4. The largest absolute Gasteiger partial charge is 0.380 e. The number of carbonyl (C=O) groups excluding carboxylic acids is 1. The summed E-state index contributed by atoms with van der Waals surface area (Å²) in [7, 11) is 1.51. The van der Waals surface area contributed by atoms with Crippen LogP contribution < -0.4 is 11.1 Å². The minimum atomic E-state index is -0.506. The topological polar surface area (TPSA) is 64.3 Å². The zero-order chi connectivity index (χ0) is 15.1. The average Bonchev–Trinajstić information content (AvgIpc) is 2.38. The first kappa shape index (κ1) is 16.6. The van der Waals surface area contributed by atoms with Crippen LogP contribution in [0.4, 0.5) is 4.39 Å².